The van der Waals surface area contributed by atoms with Crippen LogP contribution in [0.4, 0.5) is 0 Å². The van der Waals surface area contributed by atoms with Crippen molar-refractivity contribution in [2.75, 3.05) is 14.2 Å². The molecule has 0 amide bonds. The third kappa shape index (κ3) is 2.82. The topological polar surface area (TPSA) is 75.2 Å². The third-order valence-electron chi connectivity index (χ3n) is 2.60. The van der Waals surface area contributed by atoms with Gasteiger partial charge in [-0.1, -0.05) is 17.4 Å². The van der Waals surface area contributed by atoms with Gasteiger partial charge in [0.25, 0.3) is 0 Å². The summed E-state index contributed by atoms with van der Waals surface area (Å²) < 4.78 is 12.1. The second-order valence-electron chi connectivity index (χ2n) is 3.81. The van der Waals surface area contributed by atoms with E-state index in [0.717, 1.165) is 11.3 Å². The van der Waals surface area contributed by atoms with E-state index in [1.807, 2.05) is 18.2 Å². The number of methoxy groups -OCH3 is 2. The van der Waals surface area contributed by atoms with E-state index in [4.69, 9.17) is 27.4 Å². The molecule has 0 fully saturated rings. The lowest BCUT2D eigenvalue weighted by Gasteiger charge is -2.10. The molecular formula is C12H14N4O2S. The van der Waals surface area contributed by atoms with Gasteiger partial charge in [-0.25, -0.2) is 4.68 Å². The summed E-state index contributed by atoms with van der Waals surface area (Å²) in [6.07, 6.45) is 1.65. The highest BCUT2D eigenvalue weighted by atomic mass is 32.1. The zero-order valence-corrected chi connectivity index (χ0v) is 11.5. The number of rotatable bonds is 5. The fourth-order valence-electron chi connectivity index (χ4n) is 1.74. The van der Waals surface area contributed by atoms with Crippen molar-refractivity contribution in [3.05, 3.63) is 24.4 Å². The van der Waals surface area contributed by atoms with Crippen LogP contribution in [0.5, 0.6) is 11.5 Å². The average Bonchev–Trinajstić information content (AvgIpc) is 2.85. The molecule has 100 valence electrons. The summed E-state index contributed by atoms with van der Waals surface area (Å²) in [6, 6.07) is 5.58. The van der Waals surface area contributed by atoms with Gasteiger partial charge < -0.3 is 15.2 Å². The number of hydrogen-bond acceptors (Lipinski definition) is 5. The smallest absolute Gasteiger partial charge is 0.161 e. The van der Waals surface area contributed by atoms with E-state index in [2.05, 4.69) is 10.3 Å². The molecular weight excluding hydrogens is 264 g/mol. The van der Waals surface area contributed by atoms with Crippen molar-refractivity contribution in [3.8, 4) is 22.8 Å². The molecule has 1 heterocycles. The van der Waals surface area contributed by atoms with Crippen LogP contribution < -0.4 is 15.2 Å². The fourth-order valence-corrected chi connectivity index (χ4v) is 1.86. The van der Waals surface area contributed by atoms with Crippen molar-refractivity contribution >= 4 is 17.2 Å². The minimum Gasteiger partial charge on any atom is -0.493 e. The van der Waals surface area contributed by atoms with E-state index in [9.17, 15) is 0 Å². The highest BCUT2D eigenvalue weighted by Crippen LogP contribution is 2.31. The van der Waals surface area contributed by atoms with Gasteiger partial charge in [-0.2, -0.15) is 0 Å². The van der Waals surface area contributed by atoms with Gasteiger partial charge in [0, 0.05) is 5.56 Å². The van der Waals surface area contributed by atoms with E-state index >= 15 is 0 Å². The molecule has 0 radical (unpaired) electrons. The van der Waals surface area contributed by atoms with Crippen molar-refractivity contribution in [2.45, 2.75) is 6.54 Å². The summed E-state index contributed by atoms with van der Waals surface area (Å²) in [5.41, 5.74) is 7.25. The largest absolute Gasteiger partial charge is 0.493 e. The van der Waals surface area contributed by atoms with Gasteiger partial charge in [0.15, 0.2) is 11.5 Å². The molecule has 0 saturated carbocycles. The second-order valence-corrected chi connectivity index (χ2v) is 4.34. The molecule has 2 rings (SSSR count). The van der Waals surface area contributed by atoms with E-state index in [1.165, 1.54) is 0 Å². The first-order valence-corrected chi connectivity index (χ1v) is 5.95. The van der Waals surface area contributed by atoms with Crippen molar-refractivity contribution in [1.82, 2.24) is 15.0 Å². The van der Waals surface area contributed by atoms with Crippen LogP contribution in [0.2, 0.25) is 0 Å². The Kier molecular flexibility index (Phi) is 3.96. The Hall–Kier alpha value is -2.15. The molecule has 6 nitrogen and oxygen atoms in total. The van der Waals surface area contributed by atoms with Gasteiger partial charge in [0.2, 0.25) is 0 Å². The van der Waals surface area contributed by atoms with E-state index < -0.39 is 0 Å². The standard InChI is InChI=1S/C12H14N4O2S/c1-17-10-4-3-8(5-11(10)18-2)9-6-14-15-16(9)7-12(13)19/h3-6H,7H2,1-2H3,(H2,13,19). The number of nitrogens with two attached hydrogens (primary N) is 1. The van der Waals surface area contributed by atoms with E-state index in [-0.39, 0.29) is 0 Å². The highest BCUT2D eigenvalue weighted by Gasteiger charge is 2.11. The summed E-state index contributed by atoms with van der Waals surface area (Å²) in [7, 11) is 3.18. The highest BCUT2D eigenvalue weighted by molar-refractivity contribution is 7.80. The number of aromatic nitrogens is 3. The number of thiocarbonyl (C=S) groups is 1. The van der Waals surface area contributed by atoms with Crippen LogP contribution in [-0.2, 0) is 6.54 Å². The van der Waals surface area contributed by atoms with Gasteiger partial charge in [-0.05, 0) is 18.2 Å². The van der Waals surface area contributed by atoms with E-state index in [0.29, 0.717) is 23.0 Å². The summed E-state index contributed by atoms with van der Waals surface area (Å²) >= 11 is 4.89. The second kappa shape index (κ2) is 5.66. The van der Waals surface area contributed by atoms with Crippen LogP contribution in [0.1, 0.15) is 0 Å². The van der Waals surface area contributed by atoms with Crippen LogP contribution in [0.3, 0.4) is 0 Å². The maximum Gasteiger partial charge on any atom is 0.161 e. The Morgan fingerprint density at radius 1 is 1.32 bits per heavy atom. The predicted octanol–water partition coefficient (Wildman–Crippen LogP) is 1.25. The average molecular weight is 278 g/mol. The van der Waals surface area contributed by atoms with Crippen LogP contribution in [-0.4, -0.2) is 34.2 Å². The van der Waals surface area contributed by atoms with Crippen molar-refractivity contribution in [2.24, 2.45) is 5.73 Å². The van der Waals surface area contributed by atoms with Gasteiger partial charge >= 0.3 is 0 Å². The van der Waals surface area contributed by atoms with Crippen molar-refractivity contribution in [1.29, 1.82) is 0 Å². The lowest BCUT2D eigenvalue weighted by atomic mass is 10.1. The summed E-state index contributed by atoms with van der Waals surface area (Å²) in [6.45, 7) is 0.346. The predicted molar refractivity (Wildman–Crippen MR) is 75.3 cm³/mol. The third-order valence-corrected chi connectivity index (χ3v) is 2.73. The van der Waals surface area contributed by atoms with Crippen LogP contribution >= 0.6 is 12.2 Å². The Bertz CT molecular complexity index is 597. The summed E-state index contributed by atoms with van der Waals surface area (Å²) in [5.74, 6) is 1.31. The molecule has 0 unspecified atom stereocenters. The SMILES string of the molecule is COc1ccc(-c2cnnn2CC(N)=S)cc1OC. The Morgan fingerprint density at radius 2 is 2.05 bits per heavy atom. The summed E-state index contributed by atoms with van der Waals surface area (Å²) in [4.78, 5) is 0.354. The molecule has 0 aliphatic heterocycles. The molecule has 0 atom stereocenters. The molecule has 0 saturated heterocycles. The first-order chi connectivity index (χ1) is 9.15. The quantitative estimate of drug-likeness (QED) is 0.830. The molecule has 7 heteroatoms. The van der Waals surface area contributed by atoms with Gasteiger partial charge in [-0.15, -0.1) is 5.10 Å². The van der Waals surface area contributed by atoms with Gasteiger partial charge in [0.05, 0.1) is 37.6 Å². The first-order valence-electron chi connectivity index (χ1n) is 5.55. The molecule has 2 aromatic rings. The lowest BCUT2D eigenvalue weighted by molar-refractivity contribution is 0.355. The van der Waals surface area contributed by atoms with Crippen molar-refractivity contribution in [3.63, 3.8) is 0 Å². The van der Waals surface area contributed by atoms with Crippen molar-refractivity contribution < 1.29 is 9.47 Å². The maximum absolute atomic E-state index is 5.53. The monoisotopic (exact) mass is 278 g/mol. The lowest BCUT2D eigenvalue weighted by Crippen LogP contribution is -2.18. The maximum atomic E-state index is 5.53. The number of ether oxygens (including phenoxy) is 2. The molecule has 1 aromatic heterocycles. The molecule has 19 heavy (non-hydrogen) atoms. The molecule has 0 bridgehead atoms. The van der Waals surface area contributed by atoms with Crippen LogP contribution in [0.25, 0.3) is 11.3 Å². The molecule has 0 aliphatic rings. The molecule has 0 spiro atoms. The van der Waals surface area contributed by atoms with Gasteiger partial charge in [0.1, 0.15) is 0 Å². The van der Waals surface area contributed by atoms with Gasteiger partial charge in [-0.3, -0.25) is 0 Å². The zero-order valence-electron chi connectivity index (χ0n) is 10.7. The number of benzene rings is 1. The minimum absolute atomic E-state index is 0.346. The molecule has 2 N–H and O–H groups in total. The normalized spacial score (nSPS) is 10.2. The Labute approximate surface area is 116 Å². The summed E-state index contributed by atoms with van der Waals surface area (Å²) in [5, 5.41) is 7.83. The Balaban J connectivity index is 2.42. The number of nitrogens with zero attached hydrogens (tertiary/aromatic N) is 3. The van der Waals surface area contributed by atoms with Crippen LogP contribution in [0.15, 0.2) is 24.4 Å². The number of hydrogen-bond donors (Lipinski definition) is 1. The minimum atomic E-state index is 0.346. The zero-order chi connectivity index (χ0) is 13.8. The van der Waals surface area contributed by atoms with Crippen LogP contribution in [0, 0.1) is 0 Å². The molecule has 1 aromatic carbocycles. The first kappa shape index (κ1) is 13.3. The fraction of sp³-hybridized carbons (Fsp3) is 0.250. The van der Waals surface area contributed by atoms with E-state index in [1.54, 1.807) is 25.1 Å². The molecule has 0 aliphatic carbocycles. The Morgan fingerprint density at radius 3 is 2.68 bits per heavy atom.